The molecule has 0 aromatic heterocycles. The van der Waals surface area contributed by atoms with Gasteiger partial charge in [-0.05, 0) is 73.4 Å². The molecule has 0 aliphatic heterocycles. The first-order valence-corrected chi connectivity index (χ1v) is 11.2. The lowest BCUT2D eigenvalue weighted by Crippen LogP contribution is -2.39. The highest BCUT2D eigenvalue weighted by Crippen LogP contribution is 2.41. The number of hydrogen-bond acceptors (Lipinski definition) is 3. The van der Waals surface area contributed by atoms with Crippen LogP contribution in [0.15, 0.2) is 36.4 Å². The number of aliphatic hydroxyl groups excluding tert-OH is 1. The molecule has 2 atom stereocenters. The van der Waals surface area contributed by atoms with E-state index in [1.165, 1.54) is 5.56 Å². The van der Waals surface area contributed by atoms with Gasteiger partial charge in [0.2, 0.25) is 0 Å². The summed E-state index contributed by atoms with van der Waals surface area (Å²) in [5, 5.41) is 19.9. The quantitative estimate of drug-likeness (QED) is 0.521. The molecule has 2 N–H and O–H groups in total. The van der Waals surface area contributed by atoms with E-state index in [-0.39, 0.29) is 16.9 Å². The third-order valence-electron chi connectivity index (χ3n) is 6.59. The van der Waals surface area contributed by atoms with Crippen LogP contribution in [0.25, 0.3) is 0 Å². The summed E-state index contributed by atoms with van der Waals surface area (Å²) in [7, 11) is 0. The number of carboxylic acids is 1. The molecule has 2 rings (SSSR count). The number of benzene rings is 2. The monoisotopic (exact) mass is 426 g/mol. The van der Waals surface area contributed by atoms with Crippen LogP contribution in [0.3, 0.4) is 0 Å². The van der Waals surface area contributed by atoms with Crippen LogP contribution in [0.4, 0.5) is 0 Å². The lowest BCUT2D eigenvalue weighted by molar-refractivity contribution is -0.0234. The first-order valence-electron chi connectivity index (χ1n) is 11.2. The molecular formula is C27H38O4. The van der Waals surface area contributed by atoms with Gasteiger partial charge in [-0.15, -0.1) is 0 Å². The van der Waals surface area contributed by atoms with Gasteiger partial charge in [-0.3, -0.25) is 0 Å². The van der Waals surface area contributed by atoms with Crippen molar-refractivity contribution in [2.45, 2.75) is 85.9 Å². The Bertz CT molecular complexity index is 919. The first-order chi connectivity index (χ1) is 14.4. The molecule has 0 saturated carbocycles. The molecule has 4 nitrogen and oxygen atoms in total. The van der Waals surface area contributed by atoms with Crippen molar-refractivity contribution in [1.29, 1.82) is 0 Å². The average molecular weight is 427 g/mol. The fourth-order valence-electron chi connectivity index (χ4n) is 4.48. The molecule has 2 aromatic carbocycles. The van der Waals surface area contributed by atoms with E-state index in [0.717, 1.165) is 35.3 Å². The van der Waals surface area contributed by atoms with Gasteiger partial charge in [0.25, 0.3) is 0 Å². The third-order valence-corrected chi connectivity index (χ3v) is 6.59. The number of aromatic carboxylic acids is 1. The number of carboxylic acid groups (broad SMARTS) is 1. The van der Waals surface area contributed by atoms with Crippen LogP contribution < -0.4 is 4.74 Å². The smallest absolute Gasteiger partial charge is 0.335 e. The molecule has 0 aliphatic rings. The van der Waals surface area contributed by atoms with Crippen LogP contribution in [0.5, 0.6) is 5.75 Å². The van der Waals surface area contributed by atoms with Crippen molar-refractivity contribution < 1.29 is 19.7 Å². The SMILES string of the molecule is CCC(CC)(c1ccc(OC(C)C(O)C(C)(C)C)c(C)c1)c1ccc(C(=O)O)c(C)c1. The molecule has 0 heterocycles. The second kappa shape index (κ2) is 9.44. The Morgan fingerprint density at radius 2 is 1.48 bits per heavy atom. The predicted molar refractivity (Wildman–Crippen MR) is 126 cm³/mol. The molecule has 4 heteroatoms. The van der Waals surface area contributed by atoms with Gasteiger partial charge in [0.1, 0.15) is 11.9 Å². The molecule has 0 fully saturated rings. The summed E-state index contributed by atoms with van der Waals surface area (Å²) in [4.78, 5) is 11.4. The average Bonchev–Trinajstić information content (AvgIpc) is 2.69. The second-order valence-corrected chi connectivity index (χ2v) is 9.74. The van der Waals surface area contributed by atoms with Crippen molar-refractivity contribution in [3.63, 3.8) is 0 Å². The summed E-state index contributed by atoms with van der Waals surface area (Å²) in [6, 6.07) is 11.9. The van der Waals surface area contributed by atoms with E-state index in [1.54, 1.807) is 6.07 Å². The van der Waals surface area contributed by atoms with E-state index in [0.29, 0.717) is 5.56 Å². The molecule has 31 heavy (non-hydrogen) atoms. The molecule has 0 spiro atoms. The minimum atomic E-state index is -0.897. The summed E-state index contributed by atoms with van der Waals surface area (Å²) < 4.78 is 6.12. The minimum Gasteiger partial charge on any atom is -0.488 e. The molecule has 0 saturated heterocycles. The molecule has 2 aromatic rings. The van der Waals surface area contributed by atoms with E-state index in [4.69, 9.17) is 4.74 Å². The Labute approximate surface area is 187 Å². The zero-order valence-corrected chi connectivity index (χ0v) is 20.2. The lowest BCUT2D eigenvalue weighted by Gasteiger charge is -2.35. The largest absolute Gasteiger partial charge is 0.488 e. The molecule has 0 bridgehead atoms. The van der Waals surface area contributed by atoms with Crippen molar-refractivity contribution in [2.75, 3.05) is 0 Å². The van der Waals surface area contributed by atoms with E-state index in [1.807, 2.05) is 59.7 Å². The van der Waals surface area contributed by atoms with Crippen molar-refractivity contribution >= 4 is 5.97 Å². The van der Waals surface area contributed by atoms with Gasteiger partial charge in [-0.25, -0.2) is 4.79 Å². The maximum atomic E-state index is 11.4. The predicted octanol–water partition coefficient (Wildman–Crippen LogP) is 6.28. The third kappa shape index (κ3) is 5.12. The standard InChI is InChI=1S/C27H38O4/c1-9-27(10-2,20-11-13-22(25(29)30)17(3)15-20)21-12-14-23(18(4)16-21)31-19(5)24(28)26(6,7)8/h11-16,19,24,28H,9-10H2,1-8H3,(H,29,30). The summed E-state index contributed by atoms with van der Waals surface area (Å²) in [5.74, 6) is -0.121. The van der Waals surface area contributed by atoms with Gasteiger partial charge in [0.05, 0.1) is 11.7 Å². The molecular weight excluding hydrogens is 388 g/mol. The van der Waals surface area contributed by atoms with Crippen LogP contribution in [-0.4, -0.2) is 28.4 Å². The highest BCUT2D eigenvalue weighted by Gasteiger charge is 2.33. The number of hydrogen-bond donors (Lipinski definition) is 2. The summed E-state index contributed by atoms with van der Waals surface area (Å²) in [5.41, 5.74) is 4.00. The Balaban J connectivity index is 2.44. The fraction of sp³-hybridized carbons (Fsp3) is 0.519. The number of ether oxygens (including phenoxy) is 1. The van der Waals surface area contributed by atoms with Crippen LogP contribution in [0.2, 0.25) is 0 Å². The molecule has 0 amide bonds. The zero-order chi connectivity index (χ0) is 23.6. The summed E-state index contributed by atoms with van der Waals surface area (Å²) in [6.07, 6.45) is 0.896. The van der Waals surface area contributed by atoms with Crippen molar-refractivity contribution in [3.8, 4) is 5.75 Å². The normalized spacial score (nSPS) is 14.2. The molecule has 170 valence electrons. The molecule has 0 aliphatic carbocycles. The van der Waals surface area contributed by atoms with Crippen molar-refractivity contribution in [1.82, 2.24) is 0 Å². The van der Waals surface area contributed by atoms with E-state index in [2.05, 4.69) is 26.0 Å². The van der Waals surface area contributed by atoms with Gasteiger partial charge in [-0.2, -0.15) is 0 Å². The summed E-state index contributed by atoms with van der Waals surface area (Å²) >= 11 is 0. The van der Waals surface area contributed by atoms with Crippen LogP contribution >= 0.6 is 0 Å². The Morgan fingerprint density at radius 1 is 0.968 bits per heavy atom. The zero-order valence-electron chi connectivity index (χ0n) is 20.2. The fourth-order valence-corrected chi connectivity index (χ4v) is 4.48. The second-order valence-electron chi connectivity index (χ2n) is 9.74. The molecule has 0 radical (unpaired) electrons. The van der Waals surface area contributed by atoms with Gasteiger partial charge in [-0.1, -0.05) is 58.9 Å². The summed E-state index contributed by atoms with van der Waals surface area (Å²) in [6.45, 7) is 16.1. The maximum Gasteiger partial charge on any atom is 0.335 e. The van der Waals surface area contributed by atoms with Crippen molar-refractivity contribution in [3.05, 3.63) is 64.2 Å². The first kappa shape index (κ1) is 24.9. The Morgan fingerprint density at radius 3 is 1.90 bits per heavy atom. The topological polar surface area (TPSA) is 66.8 Å². The van der Waals surface area contributed by atoms with Crippen LogP contribution in [0, 0.1) is 19.3 Å². The number of rotatable bonds is 8. The highest BCUT2D eigenvalue weighted by molar-refractivity contribution is 5.89. The Kier molecular flexibility index (Phi) is 7.59. The molecule has 2 unspecified atom stereocenters. The lowest BCUT2D eigenvalue weighted by atomic mass is 9.70. The van der Waals surface area contributed by atoms with E-state index in [9.17, 15) is 15.0 Å². The Hall–Kier alpha value is -2.33. The van der Waals surface area contributed by atoms with Gasteiger partial charge in [0, 0.05) is 5.41 Å². The number of carbonyl (C=O) groups is 1. The number of aryl methyl sites for hydroxylation is 2. The van der Waals surface area contributed by atoms with E-state index < -0.39 is 12.1 Å². The van der Waals surface area contributed by atoms with Crippen LogP contribution in [0.1, 0.15) is 87.0 Å². The number of aliphatic hydroxyl groups is 1. The van der Waals surface area contributed by atoms with Crippen molar-refractivity contribution in [2.24, 2.45) is 5.41 Å². The van der Waals surface area contributed by atoms with Crippen LogP contribution in [-0.2, 0) is 5.41 Å². The van der Waals surface area contributed by atoms with E-state index >= 15 is 0 Å². The van der Waals surface area contributed by atoms with Gasteiger partial charge >= 0.3 is 5.97 Å². The van der Waals surface area contributed by atoms with Gasteiger partial charge < -0.3 is 14.9 Å². The highest BCUT2D eigenvalue weighted by atomic mass is 16.5. The van der Waals surface area contributed by atoms with Gasteiger partial charge in [0.15, 0.2) is 0 Å². The minimum absolute atomic E-state index is 0.207. The maximum absolute atomic E-state index is 11.4.